The van der Waals surface area contributed by atoms with E-state index in [1.807, 2.05) is 91.0 Å². The average Bonchev–Trinajstić information content (AvgIpc) is 1.56. The largest absolute Gasteiger partial charge is 0.444 e. The molecule has 4 unspecified atom stereocenters. The Morgan fingerprint density at radius 1 is 0.713 bits per heavy atom. The van der Waals surface area contributed by atoms with Crippen molar-refractivity contribution in [3.05, 3.63) is 144 Å². The van der Waals surface area contributed by atoms with E-state index in [0.717, 1.165) is 16.7 Å². The number of benzene rings is 3. The van der Waals surface area contributed by atoms with Gasteiger partial charge in [0.25, 0.3) is 11.8 Å². The summed E-state index contributed by atoms with van der Waals surface area (Å²) in [5.74, 6) is -4.57. The van der Waals surface area contributed by atoms with Crippen LogP contribution in [0.1, 0.15) is 78.9 Å². The van der Waals surface area contributed by atoms with Crippen molar-refractivity contribution in [3.63, 3.8) is 0 Å². The number of carbonyl (C=O) groups excluding carboxylic acids is 7. The molecule has 0 radical (unpaired) electrons. The van der Waals surface area contributed by atoms with Crippen molar-refractivity contribution >= 4 is 41.5 Å². The molecule has 1 saturated carbocycles. The highest BCUT2D eigenvalue weighted by molar-refractivity contribution is 5.97. The Hall–Kier alpha value is -7.99. The lowest BCUT2D eigenvalue weighted by molar-refractivity contribution is -0.171. The third-order valence-corrected chi connectivity index (χ3v) is 18.7. The van der Waals surface area contributed by atoms with Crippen LogP contribution in [0.2, 0.25) is 0 Å². The van der Waals surface area contributed by atoms with Gasteiger partial charge in [-0.15, -0.1) is 0 Å². The average molecular weight is 1190 g/mol. The van der Waals surface area contributed by atoms with Crippen molar-refractivity contribution in [2.45, 2.75) is 97.4 Å². The van der Waals surface area contributed by atoms with Gasteiger partial charge in [0.15, 0.2) is 0 Å². The molecular formula is C64H80N12O11. The van der Waals surface area contributed by atoms with Gasteiger partial charge in [-0.25, -0.2) is 4.79 Å². The second kappa shape index (κ2) is 24.3. The van der Waals surface area contributed by atoms with E-state index in [1.54, 1.807) is 65.4 Å². The van der Waals surface area contributed by atoms with Gasteiger partial charge >= 0.3 is 6.09 Å². The first-order valence-electron chi connectivity index (χ1n) is 29.9. The van der Waals surface area contributed by atoms with Crippen molar-refractivity contribution in [1.82, 2.24) is 60.4 Å². The predicted octanol–water partition coefficient (Wildman–Crippen LogP) is 3.60. The van der Waals surface area contributed by atoms with E-state index < -0.39 is 88.0 Å². The number of ether oxygens (including phenoxy) is 4. The summed E-state index contributed by atoms with van der Waals surface area (Å²) >= 11 is 0. The first kappa shape index (κ1) is 60.7. The van der Waals surface area contributed by atoms with Crippen LogP contribution in [0.5, 0.6) is 0 Å². The first-order valence-corrected chi connectivity index (χ1v) is 29.9. The number of nitrogens with one attached hydrogen (secondary N) is 4. The van der Waals surface area contributed by atoms with Crippen LogP contribution >= 0.6 is 0 Å². The van der Waals surface area contributed by atoms with Crippen LogP contribution in [0, 0.1) is 39.9 Å². The molecule has 6 aliphatic heterocycles. The molecule has 2 bridgehead atoms. The molecule has 1 aliphatic carbocycles. The number of hydrogen-bond donors (Lipinski definition) is 4. The number of amides is 7. The number of fused-ring (bicyclic) bond motifs is 3. The van der Waals surface area contributed by atoms with Gasteiger partial charge in [-0.2, -0.15) is 10.2 Å². The molecule has 23 heteroatoms. The van der Waals surface area contributed by atoms with Crippen LogP contribution in [0.25, 0.3) is 0 Å². The molecular weight excluding hydrogens is 1110 g/mol. The van der Waals surface area contributed by atoms with Gasteiger partial charge in [0, 0.05) is 102 Å². The Bertz CT molecular complexity index is 3340. The smallest absolute Gasteiger partial charge is 0.410 e. The molecule has 7 aliphatic rings. The maximum atomic E-state index is 15.1. The summed E-state index contributed by atoms with van der Waals surface area (Å²) in [6, 6.07) is 26.7. The Morgan fingerprint density at radius 2 is 1.25 bits per heavy atom. The van der Waals surface area contributed by atoms with E-state index in [9.17, 15) is 28.8 Å². The lowest BCUT2D eigenvalue weighted by atomic mass is 9.70. The SMILES string of the molecule is CNC(=O)[C@H]1NC(=O)C2CN(C(=O)c3cnn(Cc4ccccc4)c3)CC23CN(C3)C(OCNC(=O)[C@@H](NC(=O)[C@@H]2CN(C(=O)c3cnn(Cc4ccccc4)c3)CC23CN(C(=O)OC(C)(C)C)C3)[C@@H](C)OCc2ccccc2)C2C([C@H]1OC)C2(C)C. The Balaban J connectivity index is 0.826. The third-order valence-electron chi connectivity index (χ3n) is 18.7. The molecule has 7 fully saturated rings. The third kappa shape index (κ3) is 12.5. The number of methoxy groups -OCH3 is 1. The van der Waals surface area contributed by atoms with Crippen LogP contribution in [0.15, 0.2) is 116 Å². The van der Waals surface area contributed by atoms with Crippen molar-refractivity contribution in [1.29, 1.82) is 0 Å². The molecule has 6 saturated heterocycles. The van der Waals surface area contributed by atoms with Gasteiger partial charge in [0.2, 0.25) is 23.6 Å². The van der Waals surface area contributed by atoms with Gasteiger partial charge in [0.05, 0.1) is 67.3 Å². The highest BCUT2D eigenvalue weighted by Gasteiger charge is 2.71. The number of aromatic nitrogens is 4. The standard InChI is InChI=1S/C64H80N12O11/c1-40(85-32-43-22-16-11-17-23-43)50(69-53(77)46-30-72(34-64(46)37-74(38-64)60(83)87-61(2,3)4)58(82)45-25-68-76(29-45)27-42-20-14-10-15-21-42)56(80)66-39-86-59-49-48(62(49,5)6)52(84-8)51(55(79)65-7)70-54(78)47-31-71(33-63(47)35-73(59)36-63)57(81)44-24-67-75(28-44)26-41-18-12-9-13-19-41/h9-25,28-29,40,46-52,59H,26-27,30-39H2,1-8H3,(H,65,79)(H,66,80)(H,69,77)(H,70,78)/t40-,46+,47?,48?,49?,50+,51+,52-,59?/m1/s1. The van der Waals surface area contributed by atoms with Crippen molar-refractivity contribution < 1.29 is 52.5 Å². The van der Waals surface area contributed by atoms with E-state index in [0.29, 0.717) is 37.3 Å². The van der Waals surface area contributed by atoms with Crippen LogP contribution in [0.3, 0.4) is 0 Å². The fraction of sp³-hybridized carbons (Fsp3) is 0.516. The molecule has 5 aromatic rings. The molecule has 23 nitrogen and oxygen atoms in total. The Labute approximate surface area is 506 Å². The summed E-state index contributed by atoms with van der Waals surface area (Å²) in [6.45, 7) is 13.5. The topological polar surface area (TPSA) is 253 Å². The molecule has 87 heavy (non-hydrogen) atoms. The van der Waals surface area contributed by atoms with Gasteiger partial charge < -0.3 is 54.9 Å². The molecule has 9 atom stereocenters. The maximum absolute atomic E-state index is 15.1. The zero-order chi connectivity index (χ0) is 61.6. The van der Waals surface area contributed by atoms with Crippen molar-refractivity contribution in [3.8, 4) is 0 Å². The minimum atomic E-state index is -1.27. The second-order valence-electron chi connectivity index (χ2n) is 26.2. The van der Waals surface area contributed by atoms with Gasteiger partial charge in [0.1, 0.15) is 30.6 Å². The zero-order valence-electron chi connectivity index (χ0n) is 50.7. The summed E-state index contributed by atoms with van der Waals surface area (Å²) in [6.07, 6.45) is 3.59. The normalized spacial score (nSPS) is 26.6. The molecule has 4 N–H and O–H groups in total. The van der Waals surface area contributed by atoms with Crippen LogP contribution in [-0.2, 0) is 57.8 Å². The Morgan fingerprint density at radius 3 is 1.80 bits per heavy atom. The van der Waals surface area contributed by atoms with E-state index in [2.05, 4.69) is 50.2 Å². The molecule has 8 heterocycles. The number of likely N-dealkylation sites (tertiary alicyclic amines) is 3. The van der Waals surface area contributed by atoms with Crippen LogP contribution < -0.4 is 21.3 Å². The van der Waals surface area contributed by atoms with Crippen LogP contribution in [0.4, 0.5) is 4.79 Å². The predicted molar refractivity (Wildman–Crippen MR) is 317 cm³/mol. The molecule has 3 aromatic carbocycles. The summed E-state index contributed by atoms with van der Waals surface area (Å²) < 4.78 is 28.5. The van der Waals surface area contributed by atoms with Gasteiger partial charge in [-0.1, -0.05) is 105 Å². The summed E-state index contributed by atoms with van der Waals surface area (Å²) in [5, 5.41) is 20.8. The molecule has 462 valence electrons. The minimum Gasteiger partial charge on any atom is -0.444 e. The molecule has 7 amide bonds. The summed E-state index contributed by atoms with van der Waals surface area (Å²) in [5.41, 5.74) is 0.774. The lowest BCUT2D eigenvalue weighted by Gasteiger charge is -2.53. The number of carbonyl (C=O) groups is 7. The molecule has 2 aromatic heterocycles. The number of nitrogens with zero attached hydrogens (tertiary/aromatic N) is 8. The number of likely N-dealkylation sites (N-methyl/N-ethyl adjacent to an activating group) is 1. The fourth-order valence-electron chi connectivity index (χ4n) is 14.1. The monoisotopic (exact) mass is 1190 g/mol. The summed E-state index contributed by atoms with van der Waals surface area (Å²) in [4.78, 5) is 108. The highest BCUT2D eigenvalue weighted by Crippen LogP contribution is 2.65. The maximum Gasteiger partial charge on any atom is 0.410 e. The molecule has 2 spiro atoms. The lowest BCUT2D eigenvalue weighted by Crippen LogP contribution is -2.66. The second-order valence-corrected chi connectivity index (χ2v) is 26.2. The van der Waals surface area contributed by atoms with Crippen molar-refractivity contribution in [2.24, 2.45) is 39.9 Å². The molecule has 12 rings (SSSR count). The van der Waals surface area contributed by atoms with Crippen molar-refractivity contribution in [2.75, 3.05) is 73.2 Å². The van der Waals surface area contributed by atoms with Crippen LogP contribution in [-0.4, -0.2) is 190 Å². The minimum absolute atomic E-state index is 0.00134. The van der Waals surface area contributed by atoms with E-state index in [1.165, 1.54) is 25.3 Å². The fourth-order valence-corrected chi connectivity index (χ4v) is 14.1. The number of rotatable bonds is 18. The zero-order valence-corrected chi connectivity index (χ0v) is 50.7. The summed E-state index contributed by atoms with van der Waals surface area (Å²) in [7, 11) is 3.03. The van der Waals surface area contributed by atoms with Gasteiger partial charge in [-0.3, -0.25) is 43.0 Å². The van der Waals surface area contributed by atoms with Gasteiger partial charge in [-0.05, 0) is 49.8 Å². The van der Waals surface area contributed by atoms with E-state index in [4.69, 9.17) is 18.9 Å². The number of hydrogen-bond acceptors (Lipinski definition) is 14. The Kier molecular flexibility index (Phi) is 16.9. The highest BCUT2D eigenvalue weighted by atomic mass is 16.6. The van der Waals surface area contributed by atoms with E-state index in [-0.39, 0.29) is 82.2 Å². The first-order chi connectivity index (χ1) is 41.6. The van der Waals surface area contributed by atoms with E-state index >= 15 is 4.79 Å². The quantitative estimate of drug-likeness (QED) is 0.0916.